The standard InChI is InChI=1S/C19H16N2O4/c1-2-24-19(23)15-16(13-9-5-3-6-10-13)21-25-18(15)20-17(22)14-11-7-4-8-12-14/h3-12H,2H2,1H3,(H,20,22). The number of hydrogen-bond acceptors (Lipinski definition) is 5. The van der Waals surface area contributed by atoms with Gasteiger partial charge < -0.3 is 9.26 Å². The maximum Gasteiger partial charge on any atom is 0.346 e. The Balaban J connectivity index is 1.98. The summed E-state index contributed by atoms with van der Waals surface area (Å²) in [7, 11) is 0. The Morgan fingerprint density at radius 3 is 2.32 bits per heavy atom. The molecule has 6 heteroatoms. The molecule has 0 aliphatic carbocycles. The zero-order valence-electron chi connectivity index (χ0n) is 13.6. The van der Waals surface area contributed by atoms with Crippen LogP contribution in [-0.4, -0.2) is 23.6 Å². The largest absolute Gasteiger partial charge is 0.462 e. The van der Waals surface area contributed by atoms with Crippen molar-refractivity contribution in [3.05, 3.63) is 71.8 Å². The van der Waals surface area contributed by atoms with Crippen LogP contribution in [0.1, 0.15) is 27.6 Å². The number of benzene rings is 2. The van der Waals surface area contributed by atoms with E-state index in [0.717, 1.165) is 0 Å². The first-order valence-electron chi connectivity index (χ1n) is 7.79. The Morgan fingerprint density at radius 1 is 1.04 bits per heavy atom. The van der Waals surface area contributed by atoms with Gasteiger partial charge in [0.2, 0.25) is 5.88 Å². The first-order valence-corrected chi connectivity index (χ1v) is 7.79. The van der Waals surface area contributed by atoms with E-state index >= 15 is 0 Å². The molecule has 0 saturated carbocycles. The van der Waals surface area contributed by atoms with Gasteiger partial charge >= 0.3 is 5.97 Å². The Kier molecular flexibility index (Phi) is 4.89. The van der Waals surface area contributed by atoms with Gasteiger partial charge in [0.25, 0.3) is 5.91 Å². The molecular formula is C19H16N2O4. The number of anilines is 1. The molecule has 0 bridgehead atoms. The average Bonchev–Trinajstić information content (AvgIpc) is 3.07. The van der Waals surface area contributed by atoms with Gasteiger partial charge in [-0.15, -0.1) is 0 Å². The topological polar surface area (TPSA) is 81.4 Å². The summed E-state index contributed by atoms with van der Waals surface area (Å²) in [6.07, 6.45) is 0. The predicted molar refractivity (Wildman–Crippen MR) is 92.3 cm³/mol. The van der Waals surface area contributed by atoms with Gasteiger partial charge in [-0.05, 0) is 19.1 Å². The normalized spacial score (nSPS) is 10.3. The van der Waals surface area contributed by atoms with Crippen LogP contribution in [-0.2, 0) is 4.74 Å². The molecule has 0 fully saturated rings. The van der Waals surface area contributed by atoms with Gasteiger partial charge in [-0.25, -0.2) is 4.79 Å². The maximum absolute atomic E-state index is 12.4. The minimum absolute atomic E-state index is 0.0360. The number of carbonyl (C=O) groups is 2. The second kappa shape index (κ2) is 7.44. The molecule has 25 heavy (non-hydrogen) atoms. The van der Waals surface area contributed by atoms with Crippen molar-refractivity contribution >= 4 is 17.8 Å². The van der Waals surface area contributed by atoms with Crippen LogP contribution in [0.2, 0.25) is 0 Å². The predicted octanol–water partition coefficient (Wildman–Crippen LogP) is 3.77. The number of esters is 1. The van der Waals surface area contributed by atoms with Gasteiger partial charge in [-0.1, -0.05) is 53.7 Å². The Bertz CT molecular complexity index is 873. The number of aromatic nitrogens is 1. The number of nitrogens with zero attached hydrogens (tertiary/aromatic N) is 1. The van der Waals surface area contributed by atoms with E-state index in [-0.39, 0.29) is 18.1 Å². The van der Waals surface area contributed by atoms with E-state index in [1.165, 1.54) is 0 Å². The molecule has 3 aromatic rings. The molecule has 0 unspecified atom stereocenters. The number of carbonyl (C=O) groups excluding carboxylic acids is 2. The van der Waals surface area contributed by atoms with Gasteiger partial charge in [0.1, 0.15) is 5.69 Å². The van der Waals surface area contributed by atoms with Crippen LogP contribution in [0.5, 0.6) is 0 Å². The van der Waals surface area contributed by atoms with E-state index in [1.807, 2.05) is 24.3 Å². The van der Waals surface area contributed by atoms with Crippen LogP contribution < -0.4 is 5.32 Å². The number of nitrogens with one attached hydrogen (secondary N) is 1. The third kappa shape index (κ3) is 3.58. The Labute approximate surface area is 144 Å². The Morgan fingerprint density at radius 2 is 1.68 bits per heavy atom. The quantitative estimate of drug-likeness (QED) is 0.717. The lowest BCUT2D eigenvalue weighted by Crippen LogP contribution is -2.15. The Hall–Kier alpha value is -3.41. The molecule has 126 valence electrons. The van der Waals surface area contributed by atoms with E-state index in [9.17, 15) is 9.59 Å². The van der Waals surface area contributed by atoms with Crippen molar-refractivity contribution in [3.63, 3.8) is 0 Å². The van der Waals surface area contributed by atoms with E-state index in [1.54, 1.807) is 43.3 Å². The van der Waals surface area contributed by atoms with Crippen LogP contribution in [0.15, 0.2) is 65.2 Å². The number of rotatable bonds is 5. The zero-order valence-corrected chi connectivity index (χ0v) is 13.6. The third-order valence-corrected chi connectivity index (χ3v) is 3.48. The molecular weight excluding hydrogens is 320 g/mol. The molecule has 0 radical (unpaired) electrons. The molecule has 1 heterocycles. The highest BCUT2D eigenvalue weighted by molar-refractivity contribution is 6.08. The average molecular weight is 336 g/mol. The van der Waals surface area contributed by atoms with Crippen molar-refractivity contribution < 1.29 is 18.8 Å². The minimum Gasteiger partial charge on any atom is -0.462 e. The lowest BCUT2D eigenvalue weighted by atomic mass is 10.1. The van der Waals surface area contributed by atoms with Crippen molar-refractivity contribution in [2.24, 2.45) is 0 Å². The summed E-state index contributed by atoms with van der Waals surface area (Å²) >= 11 is 0. The first-order chi connectivity index (χ1) is 12.2. The molecule has 0 aliphatic rings. The van der Waals surface area contributed by atoms with Gasteiger partial charge in [0.05, 0.1) is 6.61 Å². The van der Waals surface area contributed by atoms with E-state index in [0.29, 0.717) is 16.8 Å². The third-order valence-electron chi connectivity index (χ3n) is 3.48. The monoisotopic (exact) mass is 336 g/mol. The maximum atomic E-state index is 12.4. The second-order valence-electron chi connectivity index (χ2n) is 5.14. The zero-order chi connectivity index (χ0) is 17.6. The highest BCUT2D eigenvalue weighted by atomic mass is 16.5. The molecule has 6 nitrogen and oxygen atoms in total. The van der Waals surface area contributed by atoms with Crippen molar-refractivity contribution in [2.45, 2.75) is 6.92 Å². The van der Waals surface area contributed by atoms with E-state index in [4.69, 9.17) is 9.26 Å². The van der Waals surface area contributed by atoms with Crippen molar-refractivity contribution in [1.29, 1.82) is 0 Å². The van der Waals surface area contributed by atoms with Crippen LogP contribution in [0.3, 0.4) is 0 Å². The van der Waals surface area contributed by atoms with Crippen molar-refractivity contribution in [2.75, 3.05) is 11.9 Å². The summed E-state index contributed by atoms with van der Waals surface area (Å²) in [6.45, 7) is 1.90. The number of hydrogen-bond donors (Lipinski definition) is 1. The van der Waals surface area contributed by atoms with E-state index in [2.05, 4.69) is 10.5 Å². The molecule has 1 N–H and O–H groups in total. The van der Waals surface area contributed by atoms with E-state index < -0.39 is 11.9 Å². The summed E-state index contributed by atoms with van der Waals surface area (Å²) in [5, 5.41) is 6.53. The molecule has 1 amide bonds. The second-order valence-corrected chi connectivity index (χ2v) is 5.14. The summed E-state index contributed by atoms with van der Waals surface area (Å²) in [5.74, 6) is -1.04. The van der Waals surface area contributed by atoms with Gasteiger partial charge in [0.15, 0.2) is 5.56 Å². The molecule has 0 saturated heterocycles. The smallest absolute Gasteiger partial charge is 0.346 e. The van der Waals surface area contributed by atoms with Gasteiger partial charge in [-0.2, -0.15) is 0 Å². The first kappa shape index (κ1) is 16.4. The fourth-order valence-electron chi connectivity index (χ4n) is 2.33. The summed E-state index contributed by atoms with van der Waals surface area (Å²) in [6, 6.07) is 17.7. The van der Waals surface area contributed by atoms with Crippen LogP contribution in [0.25, 0.3) is 11.3 Å². The molecule has 1 aromatic heterocycles. The number of amides is 1. The molecule has 2 aromatic carbocycles. The molecule has 0 spiro atoms. The fraction of sp³-hybridized carbons (Fsp3) is 0.105. The highest BCUT2D eigenvalue weighted by Gasteiger charge is 2.26. The summed E-state index contributed by atoms with van der Waals surface area (Å²) < 4.78 is 10.3. The fourth-order valence-corrected chi connectivity index (χ4v) is 2.33. The minimum atomic E-state index is -0.606. The van der Waals surface area contributed by atoms with Crippen molar-refractivity contribution in [3.8, 4) is 11.3 Å². The van der Waals surface area contributed by atoms with Crippen LogP contribution in [0.4, 0.5) is 5.88 Å². The summed E-state index contributed by atoms with van der Waals surface area (Å²) in [5.41, 5.74) is 1.55. The van der Waals surface area contributed by atoms with Gasteiger partial charge in [0, 0.05) is 11.1 Å². The van der Waals surface area contributed by atoms with Crippen molar-refractivity contribution in [1.82, 2.24) is 5.16 Å². The SMILES string of the molecule is CCOC(=O)c1c(-c2ccccc2)noc1NC(=O)c1ccccc1. The summed E-state index contributed by atoms with van der Waals surface area (Å²) in [4.78, 5) is 24.7. The molecule has 3 rings (SSSR count). The lowest BCUT2D eigenvalue weighted by Gasteiger charge is -2.05. The molecule has 0 aliphatic heterocycles. The van der Waals surface area contributed by atoms with Crippen LogP contribution >= 0.6 is 0 Å². The number of ether oxygens (including phenoxy) is 1. The van der Waals surface area contributed by atoms with Crippen LogP contribution in [0, 0.1) is 0 Å². The molecule has 0 atom stereocenters. The van der Waals surface area contributed by atoms with Gasteiger partial charge in [-0.3, -0.25) is 10.1 Å². The highest BCUT2D eigenvalue weighted by Crippen LogP contribution is 2.29. The lowest BCUT2D eigenvalue weighted by molar-refractivity contribution is 0.0528.